The van der Waals surface area contributed by atoms with Crippen molar-refractivity contribution in [1.29, 1.82) is 0 Å². The molecule has 0 N–H and O–H groups in total. The maximum atomic E-state index is 13.7. The van der Waals surface area contributed by atoms with E-state index in [2.05, 4.69) is 0 Å². The molecule has 1 fully saturated rings. The smallest absolute Gasteiger partial charge is 0.311 e. The Kier molecular flexibility index (Phi) is 11.6. The van der Waals surface area contributed by atoms with E-state index in [9.17, 15) is 24.0 Å². The zero-order valence-electron chi connectivity index (χ0n) is 30.6. The highest BCUT2D eigenvalue weighted by Crippen LogP contribution is 2.38. The third kappa shape index (κ3) is 10.0. The first-order valence-electron chi connectivity index (χ1n) is 16.0. The Hall–Kier alpha value is -2.95. The Morgan fingerprint density at radius 1 is 0.674 bits per heavy atom. The second kappa shape index (κ2) is 13.6. The standard InChI is InChI=1S/C35H57NO10/c1-31(2,3)20-16-17-36(22(37)18-20)26-25(46-30(41)35(13,14)15)24(45-29(40)34(10,11)12)23(44-28(39)33(7,8)9)21(43-26)19-42-27(38)32(4,5)6/h16-17,20-21,23-26H,18-19H2,1-15H3/t20-,21+,23-,24-,25+,26+/m0/s1. The molecule has 46 heavy (non-hydrogen) atoms. The van der Waals surface area contributed by atoms with Crippen LogP contribution in [0.5, 0.6) is 0 Å². The van der Waals surface area contributed by atoms with Crippen molar-refractivity contribution in [2.75, 3.05) is 6.61 Å². The van der Waals surface area contributed by atoms with Crippen LogP contribution in [0.2, 0.25) is 0 Å². The summed E-state index contributed by atoms with van der Waals surface area (Å²) in [7, 11) is 0. The lowest BCUT2D eigenvalue weighted by atomic mass is 9.77. The third-order valence-electron chi connectivity index (χ3n) is 7.71. The fourth-order valence-corrected chi connectivity index (χ4v) is 4.39. The van der Waals surface area contributed by atoms with Crippen molar-refractivity contribution in [2.24, 2.45) is 33.0 Å². The second-order valence-corrected chi connectivity index (χ2v) is 17.6. The van der Waals surface area contributed by atoms with Gasteiger partial charge in [-0.1, -0.05) is 26.8 Å². The fourth-order valence-electron chi connectivity index (χ4n) is 4.39. The van der Waals surface area contributed by atoms with Gasteiger partial charge in [-0.3, -0.25) is 28.9 Å². The first-order chi connectivity index (χ1) is 20.5. The first-order valence-corrected chi connectivity index (χ1v) is 16.0. The normalized spacial score (nSPS) is 26.3. The molecule has 0 aliphatic carbocycles. The maximum absolute atomic E-state index is 13.7. The molecule has 2 rings (SSSR count). The van der Waals surface area contributed by atoms with Crippen molar-refractivity contribution in [3.63, 3.8) is 0 Å². The largest absolute Gasteiger partial charge is 0.462 e. The number of hydrogen-bond acceptors (Lipinski definition) is 10. The Balaban J connectivity index is 2.79. The van der Waals surface area contributed by atoms with Crippen LogP contribution in [-0.4, -0.2) is 71.9 Å². The van der Waals surface area contributed by atoms with E-state index < -0.39 is 82.8 Å². The van der Waals surface area contributed by atoms with Gasteiger partial charge in [0.25, 0.3) is 0 Å². The molecule has 6 atom stereocenters. The van der Waals surface area contributed by atoms with Gasteiger partial charge >= 0.3 is 23.9 Å². The third-order valence-corrected chi connectivity index (χ3v) is 7.71. The fraction of sp³-hybridized carbons (Fsp3) is 0.800. The minimum Gasteiger partial charge on any atom is -0.462 e. The van der Waals surface area contributed by atoms with E-state index in [1.54, 1.807) is 89.3 Å². The van der Waals surface area contributed by atoms with E-state index in [0.29, 0.717) is 0 Å². The van der Waals surface area contributed by atoms with Crippen LogP contribution < -0.4 is 0 Å². The zero-order chi connectivity index (χ0) is 35.8. The van der Waals surface area contributed by atoms with Gasteiger partial charge in [0, 0.05) is 12.6 Å². The van der Waals surface area contributed by atoms with E-state index >= 15 is 0 Å². The SMILES string of the molecule is CC(C)(C)C(=O)OC[C@H]1O[C@@H](N2C=C[C@H](C(C)(C)C)CC2=O)[C@H](OC(=O)C(C)(C)C)[C@@H](OC(=O)C(C)(C)C)[C@H]1OC(=O)C(C)(C)C. The van der Waals surface area contributed by atoms with Crippen LogP contribution in [0.15, 0.2) is 12.3 Å². The predicted molar refractivity (Wildman–Crippen MR) is 171 cm³/mol. The Labute approximate surface area is 275 Å². The molecule has 2 heterocycles. The molecule has 0 spiro atoms. The summed E-state index contributed by atoms with van der Waals surface area (Å²) in [5.74, 6) is -2.88. The van der Waals surface area contributed by atoms with Gasteiger partial charge in [-0.05, 0) is 94.4 Å². The number of esters is 4. The highest BCUT2D eigenvalue weighted by Gasteiger charge is 2.57. The van der Waals surface area contributed by atoms with Gasteiger partial charge in [0.2, 0.25) is 5.91 Å². The average molecular weight is 652 g/mol. The molecule has 2 aliphatic heterocycles. The molecule has 262 valence electrons. The molecule has 0 aromatic rings. The quantitative estimate of drug-likeness (QED) is 0.265. The van der Waals surface area contributed by atoms with Gasteiger partial charge in [0.1, 0.15) is 12.7 Å². The number of carbonyl (C=O) groups excluding carboxylic acids is 5. The Morgan fingerprint density at radius 2 is 1.09 bits per heavy atom. The monoisotopic (exact) mass is 651 g/mol. The molecule has 0 saturated carbocycles. The summed E-state index contributed by atoms with van der Waals surface area (Å²) in [5.41, 5.74) is -4.03. The van der Waals surface area contributed by atoms with E-state index in [0.717, 1.165) is 0 Å². The van der Waals surface area contributed by atoms with Crippen LogP contribution in [0.25, 0.3) is 0 Å². The molecule has 11 nitrogen and oxygen atoms in total. The lowest BCUT2D eigenvalue weighted by Crippen LogP contribution is -2.67. The number of rotatable bonds is 6. The summed E-state index contributed by atoms with van der Waals surface area (Å²) < 4.78 is 30.2. The predicted octanol–water partition coefficient (Wildman–Crippen LogP) is 5.58. The van der Waals surface area contributed by atoms with E-state index in [1.807, 2.05) is 26.8 Å². The molecule has 2 aliphatic rings. The van der Waals surface area contributed by atoms with Crippen molar-refractivity contribution >= 4 is 29.8 Å². The highest BCUT2D eigenvalue weighted by atomic mass is 16.7. The molecule has 0 radical (unpaired) electrons. The number of allylic oxidation sites excluding steroid dienone is 1. The van der Waals surface area contributed by atoms with E-state index in [1.165, 1.54) is 4.90 Å². The summed E-state index contributed by atoms with van der Waals surface area (Å²) in [6.07, 6.45) is -3.09. The molecular formula is C35H57NO10. The van der Waals surface area contributed by atoms with Crippen molar-refractivity contribution in [1.82, 2.24) is 4.90 Å². The number of hydrogen-bond donors (Lipinski definition) is 0. The number of ether oxygens (including phenoxy) is 5. The van der Waals surface area contributed by atoms with Gasteiger partial charge in [-0.25, -0.2) is 0 Å². The Morgan fingerprint density at radius 3 is 1.48 bits per heavy atom. The highest BCUT2D eigenvalue weighted by molar-refractivity contribution is 5.80. The molecular weight excluding hydrogens is 594 g/mol. The van der Waals surface area contributed by atoms with Crippen LogP contribution in [0.1, 0.15) is 110 Å². The van der Waals surface area contributed by atoms with Crippen LogP contribution in [0, 0.1) is 33.0 Å². The van der Waals surface area contributed by atoms with Gasteiger partial charge in [-0.15, -0.1) is 0 Å². The van der Waals surface area contributed by atoms with Crippen LogP contribution in [0.3, 0.4) is 0 Å². The van der Waals surface area contributed by atoms with Crippen LogP contribution >= 0.6 is 0 Å². The van der Waals surface area contributed by atoms with Crippen LogP contribution in [0.4, 0.5) is 0 Å². The molecule has 0 unspecified atom stereocenters. The molecule has 11 heteroatoms. The number of amides is 1. The molecule has 0 aromatic carbocycles. The van der Waals surface area contributed by atoms with Crippen molar-refractivity contribution in [2.45, 2.75) is 141 Å². The second-order valence-electron chi connectivity index (χ2n) is 17.6. The van der Waals surface area contributed by atoms with Crippen LogP contribution in [-0.2, 0) is 47.7 Å². The molecule has 1 saturated heterocycles. The minimum atomic E-state index is -1.43. The van der Waals surface area contributed by atoms with Gasteiger partial charge in [0.15, 0.2) is 24.5 Å². The summed E-state index contributed by atoms with van der Waals surface area (Å²) in [6.45, 7) is 25.7. The average Bonchev–Trinajstić information content (AvgIpc) is 2.86. The lowest BCUT2D eigenvalue weighted by Gasteiger charge is -2.49. The van der Waals surface area contributed by atoms with Gasteiger partial charge in [-0.2, -0.15) is 0 Å². The van der Waals surface area contributed by atoms with Crippen molar-refractivity contribution in [3.05, 3.63) is 12.3 Å². The summed E-state index contributed by atoms with van der Waals surface area (Å²) in [6, 6.07) is 0. The van der Waals surface area contributed by atoms with Gasteiger partial charge in [0.05, 0.1) is 21.7 Å². The maximum Gasteiger partial charge on any atom is 0.311 e. The van der Waals surface area contributed by atoms with E-state index in [4.69, 9.17) is 23.7 Å². The summed E-state index contributed by atoms with van der Waals surface area (Å²) in [4.78, 5) is 68.2. The van der Waals surface area contributed by atoms with Crippen molar-refractivity contribution < 1.29 is 47.7 Å². The van der Waals surface area contributed by atoms with E-state index in [-0.39, 0.29) is 23.7 Å². The first kappa shape index (κ1) is 39.2. The summed E-state index contributed by atoms with van der Waals surface area (Å²) in [5, 5.41) is 0. The topological polar surface area (TPSA) is 135 Å². The zero-order valence-corrected chi connectivity index (χ0v) is 30.6. The Bertz CT molecular complexity index is 1190. The molecule has 0 aromatic heterocycles. The van der Waals surface area contributed by atoms with Crippen molar-refractivity contribution in [3.8, 4) is 0 Å². The molecule has 1 amide bonds. The molecule has 0 bridgehead atoms. The minimum absolute atomic E-state index is 0.0750. The summed E-state index contributed by atoms with van der Waals surface area (Å²) >= 11 is 0. The lowest BCUT2D eigenvalue weighted by molar-refractivity contribution is -0.278. The van der Waals surface area contributed by atoms with Gasteiger partial charge < -0.3 is 23.7 Å². The number of nitrogens with zero attached hydrogens (tertiary/aromatic N) is 1. The number of carbonyl (C=O) groups is 5.